The lowest BCUT2D eigenvalue weighted by molar-refractivity contribution is -0.122. The number of benzene rings is 1. The van der Waals surface area contributed by atoms with E-state index in [0.29, 0.717) is 29.9 Å². The number of methoxy groups -OCH3 is 1. The van der Waals surface area contributed by atoms with Gasteiger partial charge in [0, 0.05) is 24.2 Å². The van der Waals surface area contributed by atoms with Crippen molar-refractivity contribution in [3.8, 4) is 17.0 Å². The van der Waals surface area contributed by atoms with Crippen molar-refractivity contribution in [3.05, 3.63) is 46.8 Å². The summed E-state index contributed by atoms with van der Waals surface area (Å²) in [5.41, 5.74) is 1.18. The Morgan fingerprint density at radius 1 is 1.17 bits per heavy atom. The number of nitrogens with zero attached hydrogens (tertiary/aromatic N) is 3. The Labute approximate surface area is 177 Å². The fourth-order valence-electron chi connectivity index (χ4n) is 4.75. The Morgan fingerprint density at radius 2 is 2.03 bits per heavy atom. The van der Waals surface area contributed by atoms with E-state index in [4.69, 9.17) is 4.74 Å². The summed E-state index contributed by atoms with van der Waals surface area (Å²) in [5, 5.41) is 7.45. The van der Waals surface area contributed by atoms with Crippen LogP contribution >= 0.6 is 0 Å². The minimum Gasteiger partial charge on any atom is -0.497 e. The molecular weight excluding hydrogens is 380 g/mol. The van der Waals surface area contributed by atoms with Crippen LogP contribution in [-0.4, -0.2) is 53.4 Å². The maximum atomic E-state index is 12.6. The molecule has 7 heteroatoms. The molecule has 1 N–H and O–H groups in total. The van der Waals surface area contributed by atoms with E-state index in [1.807, 2.05) is 24.3 Å². The van der Waals surface area contributed by atoms with Crippen molar-refractivity contribution < 1.29 is 9.53 Å². The molecule has 0 aliphatic carbocycles. The van der Waals surface area contributed by atoms with Crippen LogP contribution in [0.5, 0.6) is 5.75 Å². The van der Waals surface area contributed by atoms with Gasteiger partial charge >= 0.3 is 0 Å². The Balaban J connectivity index is 1.40. The number of piperidine rings is 2. The molecule has 4 rings (SSSR count). The van der Waals surface area contributed by atoms with Crippen LogP contribution in [0, 0.1) is 5.92 Å². The van der Waals surface area contributed by atoms with E-state index >= 15 is 0 Å². The number of rotatable bonds is 6. The summed E-state index contributed by atoms with van der Waals surface area (Å²) in [4.78, 5) is 27.4. The van der Waals surface area contributed by atoms with Gasteiger partial charge in [-0.2, -0.15) is 5.10 Å². The quantitative estimate of drug-likeness (QED) is 0.791. The second-order valence-electron chi connectivity index (χ2n) is 8.25. The number of ether oxygens (including phenoxy) is 1. The van der Waals surface area contributed by atoms with Gasteiger partial charge in [0.05, 0.1) is 12.8 Å². The van der Waals surface area contributed by atoms with Crippen LogP contribution in [-0.2, 0) is 11.3 Å². The van der Waals surface area contributed by atoms with Crippen molar-refractivity contribution in [2.24, 2.45) is 5.92 Å². The molecule has 0 bridgehead atoms. The van der Waals surface area contributed by atoms with Crippen molar-refractivity contribution >= 4 is 5.91 Å². The maximum Gasteiger partial charge on any atom is 0.267 e. The molecule has 2 atom stereocenters. The average molecular weight is 411 g/mol. The Kier molecular flexibility index (Phi) is 6.47. The first-order valence-corrected chi connectivity index (χ1v) is 10.9. The largest absolute Gasteiger partial charge is 0.497 e. The van der Waals surface area contributed by atoms with Gasteiger partial charge in [0.2, 0.25) is 5.91 Å². The van der Waals surface area contributed by atoms with Crippen LogP contribution in [0.15, 0.2) is 41.2 Å². The SMILES string of the molecule is COc1cccc(-c2ccc(=O)n(CC(=O)NC[C@@H]3CCCN4CCCC[C@H]34)n2)c1. The van der Waals surface area contributed by atoms with Gasteiger partial charge in [-0.3, -0.25) is 9.59 Å². The predicted molar refractivity (Wildman–Crippen MR) is 115 cm³/mol. The second kappa shape index (κ2) is 9.43. The smallest absolute Gasteiger partial charge is 0.267 e. The number of hydrogen-bond donors (Lipinski definition) is 1. The second-order valence-corrected chi connectivity index (χ2v) is 8.25. The van der Waals surface area contributed by atoms with Gasteiger partial charge in [0.25, 0.3) is 5.56 Å². The maximum absolute atomic E-state index is 12.6. The molecule has 1 aromatic heterocycles. The first-order chi connectivity index (χ1) is 14.6. The van der Waals surface area contributed by atoms with Crippen molar-refractivity contribution in [1.82, 2.24) is 20.0 Å². The molecule has 1 aromatic carbocycles. The normalized spacial score (nSPS) is 21.6. The highest BCUT2D eigenvalue weighted by molar-refractivity contribution is 5.75. The van der Waals surface area contributed by atoms with Gasteiger partial charge in [-0.15, -0.1) is 0 Å². The van der Waals surface area contributed by atoms with E-state index in [1.54, 1.807) is 13.2 Å². The minimum atomic E-state index is -0.284. The van der Waals surface area contributed by atoms with Crippen LogP contribution in [0.1, 0.15) is 32.1 Å². The van der Waals surface area contributed by atoms with Crippen LogP contribution in [0.2, 0.25) is 0 Å². The van der Waals surface area contributed by atoms with Gasteiger partial charge in [-0.1, -0.05) is 18.6 Å². The van der Waals surface area contributed by atoms with Gasteiger partial charge in [0.15, 0.2) is 0 Å². The Bertz CT molecular complexity index is 940. The third-order valence-corrected chi connectivity index (χ3v) is 6.32. The summed E-state index contributed by atoms with van der Waals surface area (Å²) in [7, 11) is 1.61. The van der Waals surface area contributed by atoms with Crippen LogP contribution in [0.4, 0.5) is 0 Å². The highest BCUT2D eigenvalue weighted by atomic mass is 16.5. The molecular formula is C23H30N4O3. The molecule has 2 saturated heterocycles. The highest BCUT2D eigenvalue weighted by Gasteiger charge is 2.32. The third kappa shape index (κ3) is 4.73. The summed E-state index contributed by atoms with van der Waals surface area (Å²) in [5.74, 6) is 1.05. The summed E-state index contributed by atoms with van der Waals surface area (Å²) in [6.07, 6.45) is 6.14. The summed E-state index contributed by atoms with van der Waals surface area (Å²) in [6, 6.07) is 11.2. The standard InChI is InChI=1S/C23H30N4O3/c1-30-19-8-4-6-17(14-19)20-10-11-23(29)27(25-20)16-22(28)24-15-18-7-5-13-26-12-3-2-9-21(18)26/h4,6,8,10-11,14,18,21H,2-3,5,7,9,12-13,15-16H2,1H3,(H,24,28)/t18-,21+/m0/s1. The number of carbonyl (C=O) groups excluding carboxylic acids is 1. The lowest BCUT2D eigenvalue weighted by Gasteiger charge is -2.44. The van der Waals surface area contributed by atoms with Gasteiger partial charge < -0.3 is 15.0 Å². The molecule has 160 valence electrons. The molecule has 2 aromatic rings. The minimum absolute atomic E-state index is 0.0717. The first-order valence-electron chi connectivity index (χ1n) is 10.9. The molecule has 0 spiro atoms. The van der Waals surface area contributed by atoms with Crippen LogP contribution in [0.25, 0.3) is 11.3 Å². The number of aromatic nitrogens is 2. The van der Waals surface area contributed by atoms with Crippen LogP contribution in [0.3, 0.4) is 0 Å². The van der Waals surface area contributed by atoms with Crippen molar-refractivity contribution in [2.45, 2.75) is 44.7 Å². The number of carbonyl (C=O) groups is 1. The molecule has 0 saturated carbocycles. The van der Waals surface area contributed by atoms with Gasteiger partial charge in [0.1, 0.15) is 12.3 Å². The molecule has 2 aliphatic rings. The number of amides is 1. The van der Waals surface area contributed by atoms with Crippen LogP contribution < -0.4 is 15.6 Å². The van der Waals surface area contributed by atoms with Crippen molar-refractivity contribution in [1.29, 1.82) is 0 Å². The van der Waals surface area contributed by atoms with E-state index in [0.717, 1.165) is 12.0 Å². The van der Waals surface area contributed by atoms with E-state index in [9.17, 15) is 9.59 Å². The predicted octanol–water partition coefficient (Wildman–Crippen LogP) is 2.30. The Morgan fingerprint density at radius 3 is 2.90 bits per heavy atom. The van der Waals surface area contributed by atoms with Crippen molar-refractivity contribution in [3.63, 3.8) is 0 Å². The fraction of sp³-hybridized carbons (Fsp3) is 0.522. The topological polar surface area (TPSA) is 76.5 Å². The number of nitrogens with one attached hydrogen (secondary N) is 1. The van der Waals surface area contributed by atoms with E-state index in [1.165, 1.54) is 49.5 Å². The zero-order valence-electron chi connectivity index (χ0n) is 17.5. The lowest BCUT2D eigenvalue weighted by Crippen LogP contribution is -2.51. The molecule has 0 unspecified atom stereocenters. The molecule has 30 heavy (non-hydrogen) atoms. The van der Waals surface area contributed by atoms with E-state index in [-0.39, 0.29) is 18.0 Å². The summed E-state index contributed by atoms with van der Waals surface area (Å²) >= 11 is 0. The molecule has 2 fully saturated rings. The summed E-state index contributed by atoms with van der Waals surface area (Å²) in [6.45, 7) is 2.97. The van der Waals surface area contributed by atoms with Gasteiger partial charge in [-0.25, -0.2) is 4.68 Å². The highest BCUT2D eigenvalue weighted by Crippen LogP contribution is 2.30. The fourth-order valence-corrected chi connectivity index (χ4v) is 4.75. The summed E-state index contributed by atoms with van der Waals surface area (Å²) < 4.78 is 6.49. The average Bonchev–Trinajstić information content (AvgIpc) is 2.79. The molecule has 0 radical (unpaired) electrons. The number of hydrogen-bond acceptors (Lipinski definition) is 5. The third-order valence-electron chi connectivity index (χ3n) is 6.32. The monoisotopic (exact) mass is 410 g/mol. The van der Waals surface area contributed by atoms with Gasteiger partial charge in [-0.05, 0) is 62.9 Å². The molecule has 2 aliphatic heterocycles. The molecule has 1 amide bonds. The number of fused-ring (bicyclic) bond motifs is 1. The molecule has 7 nitrogen and oxygen atoms in total. The zero-order chi connectivity index (χ0) is 20.9. The van der Waals surface area contributed by atoms with Crippen molar-refractivity contribution in [2.75, 3.05) is 26.7 Å². The Hall–Kier alpha value is -2.67. The van der Waals surface area contributed by atoms with E-state index < -0.39 is 0 Å². The first kappa shape index (κ1) is 20.6. The zero-order valence-corrected chi connectivity index (χ0v) is 17.5. The molecule has 3 heterocycles. The lowest BCUT2D eigenvalue weighted by atomic mass is 9.83. The van der Waals surface area contributed by atoms with E-state index in [2.05, 4.69) is 15.3 Å².